The Morgan fingerprint density at radius 2 is 1.47 bits per heavy atom. The van der Waals surface area contributed by atoms with Gasteiger partial charge in [-0.05, 0) is 38.8 Å². The predicted octanol–water partition coefficient (Wildman–Crippen LogP) is 3.17. The van der Waals surface area contributed by atoms with Gasteiger partial charge in [0.15, 0.2) is 12.6 Å². The van der Waals surface area contributed by atoms with Gasteiger partial charge in [-0.15, -0.1) is 0 Å². The van der Waals surface area contributed by atoms with Crippen LogP contribution in [-0.2, 0) is 18.9 Å². The summed E-state index contributed by atoms with van der Waals surface area (Å²) in [5.41, 5.74) is 6.26. The molecule has 6 heteroatoms. The third-order valence-corrected chi connectivity index (χ3v) is 5.89. The van der Waals surface area contributed by atoms with Gasteiger partial charge in [-0.2, -0.15) is 0 Å². The Kier molecular flexibility index (Phi) is 6.25. The lowest BCUT2D eigenvalue weighted by atomic mass is 9.98. The number of hydrogen-bond acceptors (Lipinski definition) is 6. The van der Waals surface area contributed by atoms with Crippen LogP contribution in [0.4, 0.5) is 0 Å². The van der Waals surface area contributed by atoms with Crippen molar-refractivity contribution in [2.75, 3.05) is 13.2 Å². The van der Waals surface area contributed by atoms with Crippen LogP contribution in [0, 0.1) is 27.7 Å². The van der Waals surface area contributed by atoms with Crippen molar-refractivity contribution in [2.45, 2.75) is 64.7 Å². The third kappa shape index (κ3) is 4.17. The van der Waals surface area contributed by atoms with Crippen molar-refractivity contribution >= 4 is 0 Å². The minimum atomic E-state index is -1.09. The number of hydrogen-bond donors (Lipinski definition) is 2. The highest BCUT2D eigenvalue weighted by molar-refractivity contribution is 5.32. The molecule has 2 heterocycles. The van der Waals surface area contributed by atoms with Crippen molar-refractivity contribution in [3.63, 3.8) is 0 Å². The van der Waals surface area contributed by atoms with Gasteiger partial charge in [0.1, 0.15) is 24.4 Å². The molecule has 2 fully saturated rings. The molecule has 0 saturated carbocycles. The van der Waals surface area contributed by atoms with Crippen molar-refractivity contribution in [3.8, 4) is 0 Å². The zero-order chi connectivity index (χ0) is 21.4. The Labute approximate surface area is 177 Å². The molecule has 0 bridgehead atoms. The van der Waals surface area contributed by atoms with Crippen molar-refractivity contribution in [3.05, 3.63) is 69.8 Å². The first-order valence-electron chi connectivity index (χ1n) is 10.4. The molecule has 2 N–H and O–H groups in total. The molecule has 0 spiro atoms. The SMILES string of the molecule is Cc1ccc(C2OC[C@@H]3OC(c4ccc(C)cc4C)O[C@H]([C@H](O)CO)[C@@H]3O2)c(C)c1. The Morgan fingerprint density at radius 3 is 2.03 bits per heavy atom. The number of aliphatic hydroxyl groups is 2. The van der Waals surface area contributed by atoms with E-state index < -0.39 is 43.6 Å². The topological polar surface area (TPSA) is 77.4 Å². The highest BCUT2D eigenvalue weighted by Crippen LogP contribution is 2.40. The van der Waals surface area contributed by atoms with Crippen LogP contribution in [0.2, 0.25) is 0 Å². The standard InChI is InChI=1S/C24H30O6/c1-13-5-7-17(15(3)9-13)23-27-12-20-22(30-23)21(19(26)11-25)29-24(28-20)18-8-6-14(2)10-16(18)4/h5-10,19-26H,11-12H2,1-4H3/t19-,20+,21-,22-,23?,24?/m1/s1. The number of rotatable bonds is 4. The van der Waals surface area contributed by atoms with E-state index in [9.17, 15) is 10.2 Å². The van der Waals surface area contributed by atoms with Crippen LogP contribution in [-0.4, -0.2) is 47.8 Å². The maximum atomic E-state index is 10.5. The van der Waals surface area contributed by atoms with Gasteiger partial charge in [0.2, 0.25) is 0 Å². The first-order valence-corrected chi connectivity index (χ1v) is 10.4. The lowest BCUT2D eigenvalue weighted by molar-refractivity contribution is -0.373. The predicted molar refractivity (Wildman–Crippen MR) is 111 cm³/mol. The van der Waals surface area contributed by atoms with Gasteiger partial charge < -0.3 is 29.2 Å². The van der Waals surface area contributed by atoms with Crippen LogP contribution < -0.4 is 0 Å². The molecule has 6 atom stereocenters. The van der Waals surface area contributed by atoms with E-state index in [-0.39, 0.29) is 0 Å². The quantitative estimate of drug-likeness (QED) is 0.800. The van der Waals surface area contributed by atoms with Gasteiger partial charge in [-0.25, -0.2) is 0 Å². The molecule has 2 aliphatic heterocycles. The van der Waals surface area contributed by atoms with Crippen LogP contribution in [0.15, 0.2) is 36.4 Å². The van der Waals surface area contributed by atoms with E-state index in [0.717, 1.165) is 27.8 Å². The molecule has 0 radical (unpaired) electrons. The van der Waals surface area contributed by atoms with Gasteiger partial charge in [-0.3, -0.25) is 0 Å². The molecule has 2 unspecified atom stereocenters. The average Bonchev–Trinajstić information content (AvgIpc) is 2.72. The maximum absolute atomic E-state index is 10.5. The number of aliphatic hydroxyl groups excluding tert-OH is 2. The largest absolute Gasteiger partial charge is 0.394 e. The zero-order valence-electron chi connectivity index (χ0n) is 17.9. The van der Waals surface area contributed by atoms with E-state index in [2.05, 4.69) is 12.1 Å². The van der Waals surface area contributed by atoms with E-state index in [4.69, 9.17) is 18.9 Å². The fourth-order valence-corrected chi connectivity index (χ4v) is 4.27. The summed E-state index contributed by atoms with van der Waals surface area (Å²) in [5.74, 6) is 0. The molecular formula is C24H30O6. The molecule has 0 aromatic heterocycles. The summed E-state index contributed by atoms with van der Waals surface area (Å²) in [6, 6.07) is 12.1. The fourth-order valence-electron chi connectivity index (χ4n) is 4.27. The van der Waals surface area contributed by atoms with E-state index >= 15 is 0 Å². The summed E-state index contributed by atoms with van der Waals surface area (Å²) in [7, 11) is 0. The molecule has 0 amide bonds. The number of aryl methyl sites for hydroxylation is 4. The first kappa shape index (κ1) is 21.4. The summed E-state index contributed by atoms with van der Waals surface area (Å²) in [4.78, 5) is 0. The minimum Gasteiger partial charge on any atom is -0.394 e. The number of benzene rings is 2. The maximum Gasteiger partial charge on any atom is 0.185 e. The molecule has 2 aromatic rings. The molecule has 2 saturated heterocycles. The van der Waals surface area contributed by atoms with Crippen LogP contribution in [0.25, 0.3) is 0 Å². The van der Waals surface area contributed by atoms with E-state index in [0.29, 0.717) is 6.61 Å². The summed E-state index contributed by atoms with van der Waals surface area (Å²) in [6.45, 7) is 7.98. The molecule has 162 valence electrons. The monoisotopic (exact) mass is 414 g/mol. The molecule has 6 nitrogen and oxygen atoms in total. The highest BCUT2D eigenvalue weighted by Gasteiger charge is 2.48. The summed E-state index contributed by atoms with van der Waals surface area (Å²) >= 11 is 0. The van der Waals surface area contributed by atoms with Gasteiger partial charge in [0, 0.05) is 11.1 Å². The second kappa shape index (κ2) is 8.75. The Hall–Kier alpha value is -1.80. The van der Waals surface area contributed by atoms with E-state index in [1.54, 1.807) is 0 Å². The summed E-state index contributed by atoms with van der Waals surface area (Å²) in [6.07, 6.45) is -4.05. The van der Waals surface area contributed by atoms with Crippen LogP contribution in [0.5, 0.6) is 0 Å². The van der Waals surface area contributed by atoms with Crippen molar-refractivity contribution in [1.29, 1.82) is 0 Å². The van der Waals surface area contributed by atoms with Crippen molar-refractivity contribution in [1.82, 2.24) is 0 Å². The van der Waals surface area contributed by atoms with Crippen LogP contribution in [0.3, 0.4) is 0 Å². The molecule has 30 heavy (non-hydrogen) atoms. The second-order valence-electron chi connectivity index (χ2n) is 8.34. The van der Waals surface area contributed by atoms with Gasteiger partial charge in [0.25, 0.3) is 0 Å². The normalized spacial score (nSPS) is 30.0. The Balaban J connectivity index is 1.59. The lowest BCUT2D eigenvalue weighted by Crippen LogP contribution is -2.58. The zero-order valence-corrected chi connectivity index (χ0v) is 17.9. The molecular weight excluding hydrogens is 384 g/mol. The first-order chi connectivity index (χ1) is 14.4. The fraction of sp³-hybridized carbons (Fsp3) is 0.500. The smallest absolute Gasteiger partial charge is 0.185 e. The van der Waals surface area contributed by atoms with Gasteiger partial charge in [0.05, 0.1) is 13.2 Å². The lowest BCUT2D eigenvalue weighted by Gasteiger charge is -2.47. The third-order valence-electron chi connectivity index (χ3n) is 5.89. The summed E-state index contributed by atoms with van der Waals surface area (Å²) in [5, 5.41) is 20.1. The van der Waals surface area contributed by atoms with E-state index in [1.165, 1.54) is 5.56 Å². The van der Waals surface area contributed by atoms with E-state index in [1.807, 2.05) is 52.0 Å². The Morgan fingerprint density at radius 1 is 0.867 bits per heavy atom. The number of ether oxygens (including phenoxy) is 4. The van der Waals surface area contributed by atoms with Crippen molar-refractivity contribution < 1.29 is 29.2 Å². The van der Waals surface area contributed by atoms with Gasteiger partial charge in [-0.1, -0.05) is 47.5 Å². The average molecular weight is 414 g/mol. The molecule has 2 aliphatic rings. The Bertz CT molecular complexity index is 895. The second-order valence-corrected chi connectivity index (χ2v) is 8.34. The minimum absolute atomic E-state index is 0.308. The molecule has 0 aliphatic carbocycles. The van der Waals surface area contributed by atoms with Gasteiger partial charge >= 0.3 is 0 Å². The van der Waals surface area contributed by atoms with Crippen LogP contribution in [0.1, 0.15) is 46.0 Å². The van der Waals surface area contributed by atoms with Crippen molar-refractivity contribution in [2.24, 2.45) is 0 Å². The highest BCUT2D eigenvalue weighted by atomic mass is 16.8. The molecule has 2 aromatic carbocycles. The molecule has 4 rings (SSSR count). The summed E-state index contributed by atoms with van der Waals surface area (Å²) < 4.78 is 24.6. The van der Waals surface area contributed by atoms with Crippen LogP contribution >= 0.6 is 0 Å². The number of fused-ring (bicyclic) bond motifs is 1.